The van der Waals surface area contributed by atoms with Crippen molar-refractivity contribution < 1.29 is 4.79 Å². The molecule has 0 radical (unpaired) electrons. The number of nitriles is 2. The second-order valence-corrected chi connectivity index (χ2v) is 3.16. The zero-order valence-corrected chi connectivity index (χ0v) is 7.37. The Morgan fingerprint density at radius 2 is 1.93 bits per heavy atom. The van der Waals surface area contributed by atoms with Gasteiger partial charge in [0.2, 0.25) is 0 Å². The fourth-order valence-corrected chi connectivity index (χ4v) is 1.76. The Bertz CT molecular complexity index is 503. The van der Waals surface area contributed by atoms with Crippen LogP contribution >= 0.6 is 0 Å². The monoisotopic (exact) mass is 182 g/mol. The van der Waals surface area contributed by atoms with E-state index in [1.54, 1.807) is 12.1 Å². The summed E-state index contributed by atoms with van der Waals surface area (Å²) in [6.07, 6.45) is 1.05. The summed E-state index contributed by atoms with van der Waals surface area (Å²) >= 11 is 0. The van der Waals surface area contributed by atoms with E-state index in [0.29, 0.717) is 29.5 Å². The molecule has 14 heavy (non-hydrogen) atoms. The summed E-state index contributed by atoms with van der Waals surface area (Å²) < 4.78 is 0. The lowest BCUT2D eigenvalue weighted by molar-refractivity contribution is 0.0994. The standard InChI is InChI=1S/C11H6N2O/c12-5-7-1-2-9-8(10(7)6-13)3-4-11(9)14/h1-2H,3-4H2. The van der Waals surface area contributed by atoms with Crippen molar-refractivity contribution in [1.82, 2.24) is 0 Å². The van der Waals surface area contributed by atoms with Gasteiger partial charge in [0.1, 0.15) is 12.1 Å². The van der Waals surface area contributed by atoms with Crippen molar-refractivity contribution in [2.45, 2.75) is 12.8 Å². The van der Waals surface area contributed by atoms with Gasteiger partial charge in [0.15, 0.2) is 5.78 Å². The van der Waals surface area contributed by atoms with Gasteiger partial charge in [0.25, 0.3) is 0 Å². The number of fused-ring (bicyclic) bond motifs is 1. The summed E-state index contributed by atoms with van der Waals surface area (Å²) in [4.78, 5) is 11.3. The third-order valence-corrected chi connectivity index (χ3v) is 2.45. The van der Waals surface area contributed by atoms with Gasteiger partial charge in [0, 0.05) is 12.0 Å². The average Bonchev–Trinajstić information content (AvgIpc) is 2.59. The lowest BCUT2D eigenvalue weighted by Gasteiger charge is -2.01. The quantitative estimate of drug-likeness (QED) is 0.611. The number of ketones is 1. The molecule has 0 spiro atoms. The average molecular weight is 182 g/mol. The van der Waals surface area contributed by atoms with E-state index in [2.05, 4.69) is 0 Å². The number of carbonyl (C=O) groups excluding carboxylic acids is 1. The minimum atomic E-state index is 0.0704. The predicted molar refractivity (Wildman–Crippen MR) is 48.5 cm³/mol. The van der Waals surface area contributed by atoms with Crippen LogP contribution in [0.4, 0.5) is 0 Å². The van der Waals surface area contributed by atoms with Crippen LogP contribution in [0.2, 0.25) is 0 Å². The topological polar surface area (TPSA) is 64.7 Å². The largest absolute Gasteiger partial charge is 0.294 e. The molecule has 0 atom stereocenters. The Kier molecular flexibility index (Phi) is 1.80. The van der Waals surface area contributed by atoms with E-state index < -0.39 is 0 Å². The van der Waals surface area contributed by atoms with Gasteiger partial charge in [-0.1, -0.05) is 0 Å². The molecule has 0 unspecified atom stereocenters. The molecule has 1 aliphatic carbocycles. The summed E-state index contributed by atoms with van der Waals surface area (Å²) in [6, 6.07) is 7.14. The van der Waals surface area contributed by atoms with Crippen LogP contribution in [0.5, 0.6) is 0 Å². The lowest BCUT2D eigenvalue weighted by Crippen LogP contribution is -1.95. The molecule has 0 aliphatic heterocycles. The van der Waals surface area contributed by atoms with E-state index in [-0.39, 0.29) is 5.78 Å². The molecule has 0 fully saturated rings. The first kappa shape index (κ1) is 8.47. The van der Waals surface area contributed by atoms with E-state index >= 15 is 0 Å². The molecule has 2 rings (SSSR count). The van der Waals surface area contributed by atoms with Crippen LogP contribution in [-0.2, 0) is 6.42 Å². The van der Waals surface area contributed by atoms with Gasteiger partial charge in [-0.15, -0.1) is 0 Å². The maximum absolute atomic E-state index is 11.3. The number of rotatable bonds is 0. The SMILES string of the molecule is N#Cc1ccc2c(c1C#N)CCC2=O. The second kappa shape index (κ2) is 2.97. The molecule has 0 bridgehead atoms. The van der Waals surface area contributed by atoms with E-state index in [4.69, 9.17) is 10.5 Å². The first-order chi connectivity index (χ1) is 6.77. The molecule has 0 aromatic heterocycles. The first-order valence-corrected chi connectivity index (χ1v) is 4.27. The van der Waals surface area contributed by atoms with Crippen molar-refractivity contribution in [2.24, 2.45) is 0 Å². The Balaban J connectivity index is 2.75. The Morgan fingerprint density at radius 3 is 2.57 bits per heavy atom. The first-order valence-electron chi connectivity index (χ1n) is 4.27. The number of hydrogen-bond acceptors (Lipinski definition) is 3. The van der Waals surface area contributed by atoms with Crippen molar-refractivity contribution in [1.29, 1.82) is 10.5 Å². The molecule has 3 heteroatoms. The number of benzene rings is 1. The fourth-order valence-electron chi connectivity index (χ4n) is 1.76. The molecular formula is C11H6N2O. The van der Waals surface area contributed by atoms with Gasteiger partial charge in [0.05, 0.1) is 11.1 Å². The third kappa shape index (κ3) is 1.000. The van der Waals surface area contributed by atoms with Crippen molar-refractivity contribution >= 4 is 5.78 Å². The van der Waals surface area contributed by atoms with Gasteiger partial charge >= 0.3 is 0 Å². The molecule has 1 aromatic rings. The zero-order valence-electron chi connectivity index (χ0n) is 7.37. The van der Waals surface area contributed by atoms with E-state index in [1.165, 1.54) is 0 Å². The van der Waals surface area contributed by atoms with Gasteiger partial charge in [-0.3, -0.25) is 4.79 Å². The highest BCUT2D eigenvalue weighted by atomic mass is 16.1. The van der Waals surface area contributed by atoms with Gasteiger partial charge in [-0.25, -0.2) is 0 Å². The van der Waals surface area contributed by atoms with Crippen LogP contribution in [0.25, 0.3) is 0 Å². The molecular weight excluding hydrogens is 176 g/mol. The van der Waals surface area contributed by atoms with Crippen molar-refractivity contribution in [3.8, 4) is 12.1 Å². The summed E-state index contributed by atoms with van der Waals surface area (Å²) in [5.74, 6) is 0.0704. The highest BCUT2D eigenvalue weighted by molar-refractivity contribution is 6.01. The molecule has 1 aromatic carbocycles. The van der Waals surface area contributed by atoms with Gasteiger partial charge in [-0.2, -0.15) is 10.5 Å². The molecule has 0 saturated heterocycles. The molecule has 0 amide bonds. The van der Waals surface area contributed by atoms with E-state index in [0.717, 1.165) is 5.56 Å². The minimum Gasteiger partial charge on any atom is -0.294 e. The maximum Gasteiger partial charge on any atom is 0.163 e. The molecule has 0 N–H and O–H groups in total. The van der Waals surface area contributed by atoms with E-state index in [1.807, 2.05) is 12.1 Å². The fraction of sp³-hybridized carbons (Fsp3) is 0.182. The maximum atomic E-state index is 11.3. The second-order valence-electron chi connectivity index (χ2n) is 3.16. The molecule has 0 saturated carbocycles. The Labute approximate surface area is 81.2 Å². The van der Waals surface area contributed by atoms with Crippen molar-refractivity contribution in [3.05, 3.63) is 34.4 Å². The summed E-state index contributed by atoms with van der Waals surface area (Å²) in [7, 11) is 0. The van der Waals surface area contributed by atoms with Crippen LogP contribution in [0, 0.1) is 22.7 Å². The normalized spacial score (nSPS) is 13.1. The minimum absolute atomic E-state index is 0.0704. The summed E-state index contributed by atoms with van der Waals surface area (Å²) in [5.41, 5.74) is 2.09. The number of carbonyl (C=O) groups is 1. The Hall–Kier alpha value is -2.13. The van der Waals surface area contributed by atoms with Crippen LogP contribution in [0.1, 0.15) is 33.5 Å². The summed E-state index contributed by atoms with van der Waals surface area (Å²) in [5, 5.41) is 17.6. The van der Waals surface area contributed by atoms with Crippen LogP contribution in [-0.4, -0.2) is 5.78 Å². The highest BCUT2D eigenvalue weighted by Crippen LogP contribution is 2.26. The molecule has 1 aliphatic rings. The summed E-state index contributed by atoms with van der Waals surface area (Å²) in [6.45, 7) is 0. The van der Waals surface area contributed by atoms with E-state index in [9.17, 15) is 4.79 Å². The predicted octanol–water partition coefficient (Wildman–Crippen LogP) is 1.56. The number of nitrogens with zero attached hydrogens (tertiary/aromatic N) is 2. The van der Waals surface area contributed by atoms with Crippen LogP contribution < -0.4 is 0 Å². The van der Waals surface area contributed by atoms with Gasteiger partial charge in [-0.05, 0) is 24.1 Å². The number of Topliss-reactive ketones (excluding diaryl/α,β-unsaturated/α-hetero) is 1. The molecule has 66 valence electrons. The Morgan fingerprint density at radius 1 is 1.14 bits per heavy atom. The van der Waals surface area contributed by atoms with Crippen LogP contribution in [0.15, 0.2) is 12.1 Å². The molecule has 3 nitrogen and oxygen atoms in total. The highest BCUT2D eigenvalue weighted by Gasteiger charge is 2.23. The smallest absolute Gasteiger partial charge is 0.163 e. The van der Waals surface area contributed by atoms with Crippen LogP contribution in [0.3, 0.4) is 0 Å². The lowest BCUT2D eigenvalue weighted by atomic mass is 9.99. The zero-order chi connectivity index (χ0) is 10.1. The third-order valence-electron chi connectivity index (χ3n) is 2.45. The van der Waals surface area contributed by atoms with Crippen molar-refractivity contribution in [2.75, 3.05) is 0 Å². The number of hydrogen-bond donors (Lipinski definition) is 0. The molecule has 0 heterocycles. The van der Waals surface area contributed by atoms with Gasteiger partial charge < -0.3 is 0 Å². The van der Waals surface area contributed by atoms with Crippen molar-refractivity contribution in [3.63, 3.8) is 0 Å².